The van der Waals surface area contributed by atoms with E-state index >= 15 is 0 Å². The molecule has 0 aliphatic rings. The molecule has 2 aromatic carbocycles. The minimum Gasteiger partial charge on any atom is -0.322 e. The van der Waals surface area contributed by atoms with Crippen LogP contribution in [0.1, 0.15) is 15.9 Å². The average Bonchev–Trinajstić information content (AvgIpc) is 3.16. The molecule has 0 spiro atoms. The lowest BCUT2D eigenvalue weighted by Crippen LogP contribution is -2.15. The zero-order valence-corrected chi connectivity index (χ0v) is 15.7. The van der Waals surface area contributed by atoms with Gasteiger partial charge in [0.15, 0.2) is 0 Å². The molecule has 28 heavy (non-hydrogen) atoms. The Kier molecular flexibility index (Phi) is 5.43. The molecule has 0 saturated heterocycles. The summed E-state index contributed by atoms with van der Waals surface area (Å²) in [6, 6.07) is 10.9. The second-order valence-electron chi connectivity index (χ2n) is 5.68. The lowest BCUT2D eigenvalue weighted by atomic mass is 10.2. The van der Waals surface area contributed by atoms with Crippen LogP contribution in [-0.4, -0.2) is 14.3 Å². The number of benzene rings is 2. The van der Waals surface area contributed by atoms with Crippen molar-refractivity contribution in [3.05, 3.63) is 76.5 Å². The van der Waals surface area contributed by atoms with Crippen molar-refractivity contribution in [3.8, 4) is 0 Å². The molecular formula is C18H13F3N2O3S2. The van der Waals surface area contributed by atoms with Gasteiger partial charge in [0.05, 0.1) is 16.0 Å². The summed E-state index contributed by atoms with van der Waals surface area (Å²) in [5.41, 5.74) is -0.518. The van der Waals surface area contributed by atoms with Gasteiger partial charge in [0, 0.05) is 16.8 Å². The summed E-state index contributed by atoms with van der Waals surface area (Å²) in [5.74, 6) is -0.401. The number of carbonyl (C=O) groups is 1. The Balaban J connectivity index is 1.82. The van der Waals surface area contributed by atoms with Gasteiger partial charge >= 0.3 is 6.18 Å². The Labute approximate surface area is 162 Å². The number of thiophene rings is 1. The van der Waals surface area contributed by atoms with E-state index in [1.807, 2.05) is 0 Å². The van der Waals surface area contributed by atoms with Crippen LogP contribution in [0.3, 0.4) is 0 Å². The molecule has 0 fully saturated rings. The molecule has 0 saturated carbocycles. The third-order valence-electron chi connectivity index (χ3n) is 3.63. The number of nitrogens with one attached hydrogen (secondary N) is 2. The van der Waals surface area contributed by atoms with Crippen molar-refractivity contribution < 1.29 is 26.4 Å². The molecule has 1 heterocycles. The maximum atomic E-state index is 12.8. The average molecular weight is 426 g/mol. The van der Waals surface area contributed by atoms with Crippen molar-refractivity contribution >= 4 is 38.6 Å². The predicted molar refractivity (Wildman–Crippen MR) is 101 cm³/mol. The number of alkyl halides is 3. The van der Waals surface area contributed by atoms with E-state index in [0.717, 1.165) is 12.1 Å². The fourth-order valence-electron chi connectivity index (χ4n) is 2.31. The highest BCUT2D eigenvalue weighted by Crippen LogP contribution is 2.31. The second kappa shape index (κ2) is 7.64. The van der Waals surface area contributed by atoms with Crippen molar-refractivity contribution in [2.75, 3.05) is 10.0 Å². The minimum atomic E-state index is -4.59. The zero-order chi connectivity index (χ0) is 20.4. The molecule has 1 amide bonds. The molecule has 0 atom stereocenters. The Morgan fingerprint density at radius 3 is 2.36 bits per heavy atom. The van der Waals surface area contributed by atoms with E-state index in [9.17, 15) is 26.4 Å². The number of hydrogen-bond acceptors (Lipinski definition) is 4. The standard InChI is InChI=1S/C18H13F3N2O3S2/c19-18(20,21)13-3-1-5-15(9-13)23-28(25,26)16-6-2-4-14(10-16)22-17(24)12-7-8-27-11-12/h1-11,23H,(H,22,24). The van der Waals surface area contributed by atoms with Crippen molar-refractivity contribution in [1.82, 2.24) is 0 Å². The van der Waals surface area contributed by atoms with Gasteiger partial charge in [-0.1, -0.05) is 12.1 Å². The highest BCUT2D eigenvalue weighted by atomic mass is 32.2. The Morgan fingerprint density at radius 2 is 1.68 bits per heavy atom. The van der Waals surface area contributed by atoms with Crippen LogP contribution in [0, 0.1) is 0 Å². The molecule has 0 aliphatic carbocycles. The van der Waals surface area contributed by atoms with Crippen molar-refractivity contribution in [1.29, 1.82) is 0 Å². The molecule has 0 unspecified atom stereocenters. The van der Waals surface area contributed by atoms with Crippen molar-refractivity contribution in [2.45, 2.75) is 11.1 Å². The second-order valence-corrected chi connectivity index (χ2v) is 8.14. The summed E-state index contributed by atoms with van der Waals surface area (Å²) in [4.78, 5) is 11.9. The first-order chi connectivity index (χ1) is 13.1. The van der Waals surface area contributed by atoms with Crippen LogP contribution in [-0.2, 0) is 16.2 Å². The molecule has 3 rings (SSSR count). The minimum absolute atomic E-state index is 0.201. The van der Waals surface area contributed by atoms with E-state index < -0.39 is 27.7 Å². The molecule has 10 heteroatoms. The topological polar surface area (TPSA) is 75.3 Å². The van der Waals surface area contributed by atoms with Gasteiger partial charge in [0.25, 0.3) is 15.9 Å². The van der Waals surface area contributed by atoms with Crippen LogP contribution < -0.4 is 10.0 Å². The van der Waals surface area contributed by atoms with E-state index in [1.54, 1.807) is 16.8 Å². The lowest BCUT2D eigenvalue weighted by Gasteiger charge is -2.12. The molecule has 146 valence electrons. The number of rotatable bonds is 5. The number of halogens is 3. The van der Waals surface area contributed by atoms with E-state index in [1.165, 1.54) is 41.7 Å². The van der Waals surface area contributed by atoms with Gasteiger partial charge in [0.1, 0.15) is 0 Å². The monoisotopic (exact) mass is 426 g/mol. The van der Waals surface area contributed by atoms with Crippen LogP contribution >= 0.6 is 11.3 Å². The van der Waals surface area contributed by atoms with Gasteiger partial charge < -0.3 is 5.32 Å². The highest BCUT2D eigenvalue weighted by molar-refractivity contribution is 7.92. The molecule has 5 nitrogen and oxygen atoms in total. The molecule has 1 aromatic heterocycles. The quantitative estimate of drug-likeness (QED) is 0.614. The largest absolute Gasteiger partial charge is 0.416 e. The first-order valence-electron chi connectivity index (χ1n) is 7.79. The van der Waals surface area contributed by atoms with Crippen molar-refractivity contribution in [2.24, 2.45) is 0 Å². The van der Waals surface area contributed by atoms with Crippen LogP contribution in [0.5, 0.6) is 0 Å². The summed E-state index contributed by atoms with van der Waals surface area (Å²) >= 11 is 1.34. The fraction of sp³-hybridized carbons (Fsp3) is 0.0556. The Morgan fingerprint density at radius 1 is 0.964 bits per heavy atom. The number of carbonyl (C=O) groups excluding carboxylic acids is 1. The van der Waals surface area contributed by atoms with Gasteiger partial charge in [-0.3, -0.25) is 9.52 Å². The smallest absolute Gasteiger partial charge is 0.322 e. The van der Waals surface area contributed by atoms with Gasteiger partial charge in [-0.15, -0.1) is 0 Å². The van der Waals surface area contributed by atoms with Gasteiger partial charge in [-0.05, 0) is 47.8 Å². The number of hydrogen-bond donors (Lipinski definition) is 2. The van der Waals surface area contributed by atoms with Gasteiger partial charge in [-0.25, -0.2) is 8.42 Å². The van der Waals surface area contributed by atoms with Crippen LogP contribution in [0.2, 0.25) is 0 Å². The van der Waals surface area contributed by atoms with Crippen LogP contribution in [0.4, 0.5) is 24.5 Å². The highest BCUT2D eigenvalue weighted by Gasteiger charge is 2.30. The van der Waals surface area contributed by atoms with E-state index in [4.69, 9.17) is 0 Å². The Bertz CT molecular complexity index is 1100. The van der Waals surface area contributed by atoms with Crippen molar-refractivity contribution in [3.63, 3.8) is 0 Å². The number of sulfonamides is 1. The normalized spacial score (nSPS) is 11.8. The van der Waals surface area contributed by atoms with Gasteiger partial charge in [-0.2, -0.15) is 24.5 Å². The SMILES string of the molecule is O=C(Nc1cccc(S(=O)(=O)Nc2cccc(C(F)(F)F)c2)c1)c1ccsc1. The lowest BCUT2D eigenvalue weighted by molar-refractivity contribution is -0.137. The van der Waals surface area contributed by atoms with E-state index in [-0.39, 0.29) is 16.3 Å². The first kappa shape index (κ1) is 19.9. The summed E-state index contributed by atoms with van der Waals surface area (Å²) < 4.78 is 65.6. The van der Waals surface area contributed by atoms with E-state index in [0.29, 0.717) is 11.6 Å². The van der Waals surface area contributed by atoms with Crippen LogP contribution in [0.15, 0.2) is 70.3 Å². The third kappa shape index (κ3) is 4.70. The Hall–Kier alpha value is -2.85. The molecule has 0 aliphatic heterocycles. The summed E-state index contributed by atoms with van der Waals surface area (Å²) in [5, 5.41) is 5.95. The molecule has 2 N–H and O–H groups in total. The maximum Gasteiger partial charge on any atom is 0.416 e. The number of anilines is 2. The van der Waals surface area contributed by atoms with E-state index in [2.05, 4.69) is 10.0 Å². The maximum absolute atomic E-state index is 12.8. The van der Waals surface area contributed by atoms with Gasteiger partial charge in [0.2, 0.25) is 0 Å². The zero-order valence-electron chi connectivity index (χ0n) is 14.0. The summed E-state index contributed by atoms with van der Waals surface area (Å²) in [7, 11) is -4.15. The fourth-order valence-corrected chi connectivity index (χ4v) is 4.04. The molecule has 3 aromatic rings. The molecule has 0 radical (unpaired) electrons. The summed E-state index contributed by atoms with van der Waals surface area (Å²) in [6.07, 6.45) is -4.59. The summed E-state index contributed by atoms with van der Waals surface area (Å²) in [6.45, 7) is 0. The van der Waals surface area contributed by atoms with Crippen LogP contribution in [0.25, 0.3) is 0 Å². The number of amides is 1. The third-order valence-corrected chi connectivity index (χ3v) is 5.69. The first-order valence-corrected chi connectivity index (χ1v) is 10.2. The molecular weight excluding hydrogens is 413 g/mol. The molecule has 0 bridgehead atoms. The predicted octanol–water partition coefficient (Wildman–Crippen LogP) is 4.82.